The van der Waals surface area contributed by atoms with Crippen molar-refractivity contribution in [3.63, 3.8) is 0 Å². The third kappa shape index (κ3) is 7.79. The van der Waals surface area contributed by atoms with Crippen molar-refractivity contribution in [1.82, 2.24) is 10.6 Å². The van der Waals surface area contributed by atoms with E-state index in [-0.39, 0.29) is 17.8 Å². The van der Waals surface area contributed by atoms with Gasteiger partial charge in [0, 0.05) is 29.6 Å². The quantitative estimate of drug-likeness (QED) is 0.349. The lowest BCUT2D eigenvalue weighted by Crippen LogP contribution is -2.41. The molecule has 0 aromatic carbocycles. The monoisotopic (exact) mass is 415 g/mol. The van der Waals surface area contributed by atoms with E-state index in [1.807, 2.05) is 11.3 Å². The molecule has 0 radical (unpaired) electrons. The molecular formula is C19H33N3O3S2. The molecule has 27 heavy (non-hydrogen) atoms. The van der Waals surface area contributed by atoms with Gasteiger partial charge in [-0.2, -0.15) is 0 Å². The summed E-state index contributed by atoms with van der Waals surface area (Å²) in [5.41, 5.74) is 0.167. The van der Waals surface area contributed by atoms with Crippen LogP contribution >= 0.6 is 11.3 Å². The highest BCUT2D eigenvalue weighted by Gasteiger charge is 2.34. The first-order valence-electron chi connectivity index (χ1n) is 9.77. The van der Waals surface area contributed by atoms with Crippen molar-refractivity contribution in [2.24, 2.45) is 4.99 Å². The maximum atomic E-state index is 11.1. The van der Waals surface area contributed by atoms with Crippen LogP contribution in [-0.2, 0) is 20.0 Å². The standard InChI is InChI=1S/C19H33N3O3S2/c1-3-20-18(21-11-12-25-13-15-27(2,23)24)22-16-19(9-5-4-6-10-19)17-8-7-14-26-17/h7-8,14H,3-6,9-13,15-16H2,1-2H3,(H2,20,21,22). The highest BCUT2D eigenvalue weighted by molar-refractivity contribution is 7.90. The number of rotatable bonds is 10. The molecule has 0 aliphatic heterocycles. The maximum absolute atomic E-state index is 11.1. The van der Waals surface area contributed by atoms with Crippen molar-refractivity contribution in [3.05, 3.63) is 22.4 Å². The van der Waals surface area contributed by atoms with Crippen LogP contribution < -0.4 is 10.6 Å². The number of guanidine groups is 1. The van der Waals surface area contributed by atoms with Gasteiger partial charge in [0.1, 0.15) is 9.84 Å². The van der Waals surface area contributed by atoms with Crippen LogP contribution in [-0.4, -0.2) is 59.2 Å². The molecule has 1 aliphatic carbocycles. The summed E-state index contributed by atoms with van der Waals surface area (Å²) in [5.74, 6) is 0.857. The van der Waals surface area contributed by atoms with Crippen molar-refractivity contribution in [1.29, 1.82) is 0 Å². The number of nitrogens with one attached hydrogen (secondary N) is 2. The molecule has 1 aromatic rings. The van der Waals surface area contributed by atoms with Crippen molar-refractivity contribution >= 4 is 27.1 Å². The van der Waals surface area contributed by atoms with E-state index in [9.17, 15) is 8.42 Å². The van der Waals surface area contributed by atoms with Crippen LogP contribution in [0.25, 0.3) is 0 Å². The molecule has 1 heterocycles. The van der Waals surface area contributed by atoms with E-state index in [4.69, 9.17) is 9.73 Å². The number of sulfone groups is 1. The molecule has 2 rings (SSSR count). The number of nitrogens with zero attached hydrogens (tertiary/aromatic N) is 1. The molecule has 0 atom stereocenters. The van der Waals surface area contributed by atoms with E-state index < -0.39 is 9.84 Å². The highest BCUT2D eigenvalue weighted by Crippen LogP contribution is 2.41. The van der Waals surface area contributed by atoms with E-state index in [2.05, 4.69) is 35.1 Å². The number of ether oxygens (including phenoxy) is 1. The molecule has 1 fully saturated rings. The van der Waals surface area contributed by atoms with E-state index in [0.29, 0.717) is 13.2 Å². The van der Waals surface area contributed by atoms with Crippen molar-refractivity contribution in [2.45, 2.75) is 44.4 Å². The molecule has 2 N–H and O–H groups in total. The molecule has 0 amide bonds. The molecule has 154 valence electrons. The van der Waals surface area contributed by atoms with E-state index in [1.165, 1.54) is 43.2 Å². The van der Waals surface area contributed by atoms with Crippen LogP contribution in [0.3, 0.4) is 0 Å². The number of aliphatic imine (C=N–C) groups is 1. The zero-order valence-corrected chi connectivity index (χ0v) is 18.1. The van der Waals surface area contributed by atoms with Gasteiger partial charge >= 0.3 is 0 Å². The summed E-state index contributed by atoms with van der Waals surface area (Å²) in [6, 6.07) is 4.39. The minimum atomic E-state index is -2.97. The van der Waals surface area contributed by atoms with Gasteiger partial charge in [0.25, 0.3) is 0 Å². The van der Waals surface area contributed by atoms with Gasteiger partial charge in [-0.1, -0.05) is 25.3 Å². The average Bonchev–Trinajstić information content (AvgIpc) is 3.18. The lowest BCUT2D eigenvalue weighted by Gasteiger charge is -2.35. The van der Waals surface area contributed by atoms with Gasteiger partial charge in [0.2, 0.25) is 0 Å². The summed E-state index contributed by atoms with van der Waals surface area (Å²) >= 11 is 1.84. The average molecular weight is 416 g/mol. The van der Waals surface area contributed by atoms with Gasteiger partial charge < -0.3 is 15.4 Å². The summed E-state index contributed by atoms with van der Waals surface area (Å²) in [6.07, 6.45) is 7.48. The Kier molecular flexibility index (Phi) is 9.05. The first-order valence-corrected chi connectivity index (χ1v) is 12.7. The third-order valence-corrected chi connectivity index (χ3v) is 6.90. The molecule has 6 nitrogen and oxygen atoms in total. The Balaban J connectivity index is 1.87. The Morgan fingerprint density at radius 3 is 2.67 bits per heavy atom. The fourth-order valence-corrected chi connectivity index (χ4v) is 4.82. The smallest absolute Gasteiger partial charge is 0.191 e. The maximum Gasteiger partial charge on any atom is 0.191 e. The van der Waals surface area contributed by atoms with Gasteiger partial charge in [-0.25, -0.2) is 8.42 Å². The fourth-order valence-electron chi connectivity index (χ4n) is 3.42. The number of hydrogen-bond acceptors (Lipinski definition) is 5. The second kappa shape index (κ2) is 11.0. The molecule has 0 saturated heterocycles. The van der Waals surface area contributed by atoms with Crippen LogP contribution in [0.2, 0.25) is 0 Å². The Bertz CT molecular complexity index is 666. The van der Waals surface area contributed by atoms with Crippen molar-refractivity contribution in [2.75, 3.05) is 44.9 Å². The van der Waals surface area contributed by atoms with Crippen molar-refractivity contribution < 1.29 is 13.2 Å². The predicted octanol–water partition coefficient (Wildman–Crippen LogP) is 2.57. The molecule has 8 heteroatoms. The van der Waals surface area contributed by atoms with Gasteiger partial charge in [0.15, 0.2) is 5.96 Å². The largest absolute Gasteiger partial charge is 0.379 e. The van der Waals surface area contributed by atoms with Crippen LogP contribution in [0.4, 0.5) is 0 Å². The first-order chi connectivity index (χ1) is 13.0. The summed E-state index contributed by atoms with van der Waals surface area (Å²) in [7, 11) is -2.97. The SMILES string of the molecule is CCNC(=NCC1(c2cccs2)CCCCC1)NCCOCCS(C)(=O)=O. The summed E-state index contributed by atoms with van der Waals surface area (Å²) < 4.78 is 27.6. The first kappa shape index (κ1) is 22.2. The molecular weight excluding hydrogens is 382 g/mol. The van der Waals surface area contributed by atoms with Gasteiger partial charge in [0.05, 0.1) is 25.5 Å². The van der Waals surface area contributed by atoms with E-state index >= 15 is 0 Å². The Labute approximate surface area is 167 Å². The molecule has 1 saturated carbocycles. The summed E-state index contributed by atoms with van der Waals surface area (Å²) in [5, 5.41) is 8.74. The highest BCUT2D eigenvalue weighted by atomic mass is 32.2. The molecule has 1 aliphatic rings. The van der Waals surface area contributed by atoms with Gasteiger partial charge in [-0.15, -0.1) is 11.3 Å². The second-order valence-corrected chi connectivity index (χ2v) is 10.4. The Morgan fingerprint density at radius 2 is 2.04 bits per heavy atom. The Morgan fingerprint density at radius 1 is 1.26 bits per heavy atom. The fraction of sp³-hybridized carbons (Fsp3) is 0.737. The van der Waals surface area contributed by atoms with Crippen LogP contribution in [0.5, 0.6) is 0 Å². The summed E-state index contributed by atoms with van der Waals surface area (Å²) in [6.45, 7) is 4.92. The zero-order chi connectivity index (χ0) is 19.6. The van der Waals surface area contributed by atoms with Crippen LogP contribution in [0, 0.1) is 0 Å². The van der Waals surface area contributed by atoms with E-state index in [1.54, 1.807) is 0 Å². The predicted molar refractivity (Wildman–Crippen MR) is 114 cm³/mol. The second-order valence-electron chi connectivity index (χ2n) is 7.18. The number of hydrogen-bond donors (Lipinski definition) is 2. The topological polar surface area (TPSA) is 79.8 Å². The van der Waals surface area contributed by atoms with Gasteiger partial charge in [-0.05, 0) is 31.2 Å². The minimum absolute atomic E-state index is 0.0600. The van der Waals surface area contributed by atoms with Crippen molar-refractivity contribution in [3.8, 4) is 0 Å². The minimum Gasteiger partial charge on any atom is -0.379 e. The van der Waals surface area contributed by atoms with Gasteiger partial charge in [-0.3, -0.25) is 4.99 Å². The lowest BCUT2D eigenvalue weighted by molar-refractivity contribution is 0.154. The van der Waals surface area contributed by atoms with Crippen LogP contribution in [0.15, 0.2) is 22.5 Å². The van der Waals surface area contributed by atoms with Crippen LogP contribution in [0.1, 0.15) is 43.9 Å². The molecule has 0 bridgehead atoms. The third-order valence-electron chi connectivity index (χ3n) is 4.88. The molecule has 0 unspecified atom stereocenters. The summed E-state index contributed by atoms with van der Waals surface area (Å²) in [4.78, 5) is 6.32. The molecule has 1 aromatic heterocycles. The molecule has 0 spiro atoms. The lowest BCUT2D eigenvalue weighted by atomic mass is 9.73. The van der Waals surface area contributed by atoms with E-state index in [0.717, 1.165) is 19.0 Å². The zero-order valence-electron chi connectivity index (χ0n) is 16.5. The Hall–Kier alpha value is -1.12. The normalized spacial score (nSPS) is 17.6. The number of thiophene rings is 1.